The van der Waals surface area contributed by atoms with Crippen molar-refractivity contribution < 1.29 is 23.3 Å². The van der Waals surface area contributed by atoms with E-state index in [0.29, 0.717) is 0 Å². The topological polar surface area (TPSA) is 69.7 Å². The van der Waals surface area contributed by atoms with Gasteiger partial charge in [0.2, 0.25) is 0 Å². The maximum absolute atomic E-state index is 10.0. The van der Waals surface area contributed by atoms with Gasteiger partial charge in [0.15, 0.2) is 0 Å². The summed E-state index contributed by atoms with van der Waals surface area (Å²) in [6, 6.07) is 0. The van der Waals surface area contributed by atoms with E-state index in [2.05, 4.69) is 9.47 Å². The number of carbonyl (C=O) groups is 2. The van der Waals surface area contributed by atoms with Crippen LogP contribution in [-0.4, -0.2) is 42.9 Å². The van der Waals surface area contributed by atoms with Crippen LogP contribution in [0.5, 0.6) is 0 Å². The van der Waals surface area contributed by atoms with Gasteiger partial charge in [0, 0.05) is 23.3 Å². The van der Waals surface area contributed by atoms with Crippen molar-refractivity contribution in [2.24, 2.45) is 0 Å². The normalized spacial score (nSPS) is 8.08. The first kappa shape index (κ1) is 13.7. The van der Waals surface area contributed by atoms with Gasteiger partial charge in [0.25, 0.3) is 0 Å². The highest BCUT2D eigenvalue weighted by molar-refractivity contribution is 7.83. The van der Waals surface area contributed by atoms with Gasteiger partial charge in [-0.25, -0.2) is 9.59 Å². The number of ether oxygens (including phenoxy) is 2. The molecule has 0 rings (SSSR count). The highest BCUT2D eigenvalue weighted by Gasteiger charge is 2.11. The average Bonchev–Trinajstić information content (AvgIpc) is 2.00. The van der Waals surface area contributed by atoms with Crippen molar-refractivity contribution in [2.75, 3.05) is 26.7 Å². The van der Waals surface area contributed by atoms with Gasteiger partial charge in [0.05, 0.1) is 14.2 Å². The maximum Gasteiger partial charge on any atom is 0.417 e. The molecule has 0 aliphatic rings. The molecule has 0 heterocycles. The molecule has 0 aromatic rings. The van der Waals surface area contributed by atoms with E-state index in [1.807, 2.05) is 0 Å². The van der Waals surface area contributed by atoms with Gasteiger partial charge in [-0.3, -0.25) is 4.21 Å². The Morgan fingerprint density at radius 1 is 1.00 bits per heavy atom. The molecule has 0 amide bonds. The second-order valence-corrected chi connectivity index (χ2v) is 3.21. The van der Waals surface area contributed by atoms with E-state index in [1.54, 1.807) is 12.5 Å². The van der Waals surface area contributed by atoms with Gasteiger partial charge in [-0.2, -0.15) is 0 Å². The number of hydrogen-bond acceptors (Lipinski definition) is 5. The molecular weight excluding hydrogens is 184 g/mol. The van der Waals surface area contributed by atoms with E-state index in [9.17, 15) is 13.8 Å². The van der Waals surface area contributed by atoms with Crippen LogP contribution in [0.15, 0.2) is 0 Å². The first-order valence-corrected chi connectivity index (χ1v) is 4.83. The van der Waals surface area contributed by atoms with Crippen molar-refractivity contribution in [3.8, 4) is 0 Å². The number of carbonyl (C=O) groups excluding carboxylic acids is 2. The van der Waals surface area contributed by atoms with Crippen LogP contribution < -0.4 is 0 Å². The van der Waals surface area contributed by atoms with Crippen molar-refractivity contribution >= 4 is 22.7 Å². The highest BCUT2D eigenvalue weighted by Crippen LogP contribution is 1.75. The minimum atomic E-state index is -0.979. The summed E-state index contributed by atoms with van der Waals surface area (Å²) < 4.78 is 17.5. The largest absolute Gasteiger partial charge is 0.461 e. The molecule has 0 bridgehead atoms. The third-order valence-electron chi connectivity index (χ3n) is 0.537. The summed E-state index contributed by atoms with van der Waals surface area (Å²) in [5.41, 5.74) is 0. The Bertz CT molecular complexity index is 159. The molecule has 0 saturated heterocycles. The van der Waals surface area contributed by atoms with Crippen LogP contribution in [-0.2, 0) is 29.9 Å². The van der Waals surface area contributed by atoms with Crippen molar-refractivity contribution in [3.63, 3.8) is 0 Å². The van der Waals surface area contributed by atoms with E-state index < -0.39 is 22.7 Å². The van der Waals surface area contributed by atoms with Gasteiger partial charge in [-0.15, -0.1) is 0 Å². The molecule has 6 heteroatoms. The van der Waals surface area contributed by atoms with Gasteiger partial charge in [0.1, 0.15) is 0 Å². The molecule has 0 atom stereocenters. The third-order valence-corrected chi connectivity index (χ3v) is 0.537. The predicted molar refractivity (Wildman–Crippen MR) is 44.0 cm³/mol. The Balaban J connectivity index is 0. The van der Waals surface area contributed by atoms with E-state index in [0.717, 1.165) is 14.2 Å². The van der Waals surface area contributed by atoms with E-state index in [-0.39, 0.29) is 0 Å². The van der Waals surface area contributed by atoms with Crippen molar-refractivity contribution in [1.82, 2.24) is 0 Å². The fourth-order valence-corrected chi connectivity index (χ4v) is 0.167. The van der Waals surface area contributed by atoms with E-state index >= 15 is 0 Å². The number of esters is 2. The first-order valence-electron chi connectivity index (χ1n) is 2.87. The monoisotopic (exact) mass is 196 g/mol. The zero-order valence-corrected chi connectivity index (χ0v) is 8.27. The Kier molecular flexibility index (Phi) is 9.32. The van der Waals surface area contributed by atoms with Gasteiger partial charge < -0.3 is 9.47 Å². The summed E-state index contributed by atoms with van der Waals surface area (Å²) in [7, 11) is 1.61. The van der Waals surface area contributed by atoms with Crippen LogP contribution in [0.2, 0.25) is 0 Å². The van der Waals surface area contributed by atoms with Crippen LogP contribution in [0, 0.1) is 0 Å². The summed E-state index contributed by atoms with van der Waals surface area (Å²) in [6.45, 7) is 0. The zero-order valence-electron chi connectivity index (χ0n) is 7.45. The summed E-state index contributed by atoms with van der Waals surface area (Å²) in [4.78, 5) is 20.1. The fraction of sp³-hybridized carbons (Fsp3) is 0.667. The molecule has 5 nitrogen and oxygen atoms in total. The number of hydrogen-bond donors (Lipinski definition) is 0. The molecule has 0 N–H and O–H groups in total. The lowest BCUT2D eigenvalue weighted by molar-refractivity contribution is -0.164. The quantitative estimate of drug-likeness (QED) is 0.379. The zero-order chi connectivity index (χ0) is 10.1. The molecular formula is C6H12O5S. The predicted octanol–water partition coefficient (Wildman–Crippen LogP) is -0.673. The molecule has 12 heavy (non-hydrogen) atoms. The SMILES string of the molecule is COC(=O)C(=O)OC.CS(C)=O. The standard InChI is InChI=1S/C4H6O4.C2H6OS/c1-7-3(5)4(6)8-2;1-4(2)3/h1-2H3;1-2H3. The van der Waals surface area contributed by atoms with Crippen molar-refractivity contribution in [1.29, 1.82) is 0 Å². The summed E-state index contributed by atoms with van der Waals surface area (Å²) >= 11 is 0. The Morgan fingerprint density at radius 2 is 1.17 bits per heavy atom. The van der Waals surface area contributed by atoms with Crippen LogP contribution in [0.25, 0.3) is 0 Å². The van der Waals surface area contributed by atoms with Crippen LogP contribution in [0.1, 0.15) is 0 Å². The van der Waals surface area contributed by atoms with Crippen molar-refractivity contribution in [3.05, 3.63) is 0 Å². The highest BCUT2D eigenvalue weighted by atomic mass is 32.2. The molecule has 0 spiro atoms. The number of methoxy groups -OCH3 is 2. The smallest absolute Gasteiger partial charge is 0.417 e. The lowest BCUT2D eigenvalue weighted by atomic mass is 10.7. The summed E-state index contributed by atoms with van der Waals surface area (Å²) in [6.07, 6.45) is 3.28. The number of rotatable bonds is 0. The molecule has 0 radical (unpaired) electrons. The Labute approximate surface area is 73.5 Å². The minimum absolute atomic E-state index is 0.611. The van der Waals surface area contributed by atoms with E-state index in [1.165, 1.54) is 0 Å². The van der Waals surface area contributed by atoms with Crippen molar-refractivity contribution in [2.45, 2.75) is 0 Å². The molecule has 0 aromatic carbocycles. The molecule has 72 valence electrons. The third kappa shape index (κ3) is 11.8. The molecule has 0 aliphatic carbocycles. The van der Waals surface area contributed by atoms with Crippen LogP contribution >= 0.6 is 0 Å². The van der Waals surface area contributed by atoms with Gasteiger partial charge in [-0.1, -0.05) is 0 Å². The Hall–Kier alpha value is -0.910. The second kappa shape index (κ2) is 8.19. The molecule has 0 aromatic heterocycles. The summed E-state index contributed by atoms with van der Waals surface area (Å²) in [5.74, 6) is -1.96. The first-order chi connectivity index (χ1) is 5.45. The van der Waals surface area contributed by atoms with Gasteiger partial charge >= 0.3 is 11.9 Å². The van der Waals surface area contributed by atoms with Crippen LogP contribution in [0.3, 0.4) is 0 Å². The van der Waals surface area contributed by atoms with E-state index in [4.69, 9.17) is 0 Å². The second-order valence-electron chi connectivity index (χ2n) is 1.72. The van der Waals surface area contributed by atoms with Crippen LogP contribution in [0.4, 0.5) is 0 Å². The molecule has 0 unspecified atom stereocenters. The summed E-state index contributed by atoms with van der Waals surface area (Å²) in [5, 5.41) is 0. The average molecular weight is 196 g/mol. The lowest BCUT2D eigenvalue weighted by Crippen LogP contribution is -2.16. The molecule has 0 saturated carbocycles. The fourth-order valence-electron chi connectivity index (χ4n) is 0.167. The maximum atomic E-state index is 10.0. The lowest BCUT2D eigenvalue weighted by Gasteiger charge is -1.92. The van der Waals surface area contributed by atoms with Gasteiger partial charge in [-0.05, 0) is 0 Å². The minimum Gasteiger partial charge on any atom is -0.461 e. The molecule has 0 aliphatic heterocycles. The Morgan fingerprint density at radius 3 is 1.25 bits per heavy atom. The molecule has 0 fully saturated rings.